The van der Waals surface area contributed by atoms with E-state index in [1.807, 2.05) is 0 Å². The second-order valence-corrected chi connectivity index (χ2v) is 9.54. The number of likely N-dealkylation sites (tertiary alicyclic amines) is 1. The molecule has 2 saturated carbocycles. The lowest BCUT2D eigenvalue weighted by Gasteiger charge is -2.60. The molecular formula is C22H28ClF2NO3. The Kier molecular flexibility index (Phi) is 4.32. The van der Waals surface area contributed by atoms with E-state index in [1.54, 1.807) is 6.07 Å². The average molecular weight is 428 g/mol. The molecule has 2 heterocycles. The monoisotopic (exact) mass is 427 g/mol. The molecule has 3 aliphatic carbocycles. The molecule has 0 amide bonds. The van der Waals surface area contributed by atoms with Gasteiger partial charge < -0.3 is 14.6 Å². The smallest absolute Gasteiger partial charge is 0.285 e. The summed E-state index contributed by atoms with van der Waals surface area (Å²) in [5.74, 6) is -0.946. The number of hydrogen-bond donors (Lipinski definition) is 1. The number of phenolic OH excluding ortho intramolecular Hbond substituents is 1. The third-order valence-corrected chi connectivity index (χ3v) is 8.43. The Balaban J connectivity index is 0.00000181. The molecule has 7 heteroatoms. The molecule has 1 N–H and O–H groups in total. The van der Waals surface area contributed by atoms with Gasteiger partial charge in [0.1, 0.15) is 5.75 Å². The minimum Gasteiger partial charge on any atom is -0.508 e. The number of rotatable bonds is 3. The van der Waals surface area contributed by atoms with Gasteiger partial charge in [0.25, 0.3) is 5.92 Å². The molecule has 1 aromatic carbocycles. The predicted octanol–water partition coefficient (Wildman–Crippen LogP) is 4.30. The summed E-state index contributed by atoms with van der Waals surface area (Å²) in [7, 11) is 1.50. The van der Waals surface area contributed by atoms with Crippen LogP contribution in [-0.4, -0.2) is 48.3 Å². The normalized spacial score (nSPS) is 36.4. The summed E-state index contributed by atoms with van der Waals surface area (Å²) in [6, 6.07) is 1.77. The molecule has 2 aliphatic heterocycles. The van der Waals surface area contributed by atoms with Crippen LogP contribution in [0.1, 0.15) is 49.7 Å². The van der Waals surface area contributed by atoms with Crippen molar-refractivity contribution >= 4 is 12.4 Å². The molecule has 4 atom stereocenters. The SMILES string of the molecule is COc1cc(O)c2c3c1O[C@H]1C(F)(F)CC[C@@H]4[C@@H](C2)N(CC2CCC2)CC[C@@]341.Cl. The van der Waals surface area contributed by atoms with Crippen LogP contribution in [0, 0.1) is 11.8 Å². The van der Waals surface area contributed by atoms with E-state index in [-0.39, 0.29) is 36.5 Å². The number of alkyl halides is 2. The Morgan fingerprint density at radius 3 is 2.76 bits per heavy atom. The molecule has 2 bridgehead atoms. The van der Waals surface area contributed by atoms with Crippen LogP contribution in [0.15, 0.2) is 6.07 Å². The zero-order valence-electron chi connectivity index (χ0n) is 16.6. The zero-order chi connectivity index (χ0) is 19.3. The first-order valence-corrected chi connectivity index (χ1v) is 10.7. The number of benzene rings is 1. The summed E-state index contributed by atoms with van der Waals surface area (Å²) in [5.41, 5.74) is 0.950. The van der Waals surface area contributed by atoms with E-state index in [9.17, 15) is 5.11 Å². The second kappa shape index (κ2) is 6.36. The van der Waals surface area contributed by atoms with Crippen LogP contribution in [-0.2, 0) is 11.8 Å². The van der Waals surface area contributed by atoms with E-state index in [4.69, 9.17) is 9.47 Å². The Bertz CT molecular complexity index is 846. The molecule has 4 nitrogen and oxygen atoms in total. The lowest BCUT2D eigenvalue weighted by atomic mass is 9.51. The predicted molar refractivity (Wildman–Crippen MR) is 107 cm³/mol. The topological polar surface area (TPSA) is 41.9 Å². The van der Waals surface area contributed by atoms with Gasteiger partial charge in [0, 0.05) is 41.6 Å². The Morgan fingerprint density at radius 1 is 1.28 bits per heavy atom. The van der Waals surface area contributed by atoms with Crippen molar-refractivity contribution in [3.05, 3.63) is 17.2 Å². The standard InChI is InChI=1S/C22H27F2NO3.ClH/c1-27-17-10-16(26)13-9-15-14-5-6-22(23,24)20-21(14,18(13)19(17)28-20)7-8-25(15)11-12-3-2-4-12;/h10,12,14-15,20,26H,2-9,11H2,1H3;1H/t14-,15-,20-,21+;/m1./s1. The van der Waals surface area contributed by atoms with Crippen LogP contribution >= 0.6 is 12.4 Å². The molecule has 1 spiro atoms. The number of halogens is 3. The number of ether oxygens (including phenoxy) is 2. The lowest BCUT2D eigenvalue weighted by molar-refractivity contribution is -0.183. The molecule has 0 radical (unpaired) electrons. The van der Waals surface area contributed by atoms with Crippen LogP contribution in [0.25, 0.3) is 0 Å². The summed E-state index contributed by atoms with van der Waals surface area (Å²) in [6.07, 6.45) is 4.54. The third kappa shape index (κ3) is 2.39. The first kappa shape index (κ1) is 19.7. The minimum atomic E-state index is -2.86. The first-order chi connectivity index (χ1) is 13.5. The van der Waals surface area contributed by atoms with Gasteiger partial charge in [0.15, 0.2) is 17.6 Å². The maximum absolute atomic E-state index is 15.1. The number of hydrogen-bond acceptors (Lipinski definition) is 4. The molecule has 0 unspecified atom stereocenters. The van der Waals surface area contributed by atoms with E-state index in [0.717, 1.165) is 36.6 Å². The molecule has 1 aromatic rings. The highest BCUT2D eigenvalue weighted by molar-refractivity contribution is 5.85. The van der Waals surface area contributed by atoms with Crippen molar-refractivity contribution in [2.24, 2.45) is 11.8 Å². The van der Waals surface area contributed by atoms with Gasteiger partial charge in [-0.05, 0) is 50.5 Å². The Hall–Kier alpha value is -1.27. The van der Waals surface area contributed by atoms with Crippen LogP contribution < -0.4 is 9.47 Å². The number of nitrogens with zero attached hydrogens (tertiary/aromatic N) is 1. The van der Waals surface area contributed by atoms with Gasteiger partial charge in [0.2, 0.25) is 0 Å². The summed E-state index contributed by atoms with van der Waals surface area (Å²) >= 11 is 0. The maximum atomic E-state index is 15.1. The number of piperidine rings is 1. The van der Waals surface area contributed by atoms with Crippen LogP contribution in [0.4, 0.5) is 8.78 Å². The summed E-state index contributed by atoms with van der Waals surface area (Å²) in [4.78, 5) is 2.55. The fourth-order valence-electron chi connectivity index (χ4n) is 7.01. The molecular weight excluding hydrogens is 400 g/mol. The van der Waals surface area contributed by atoms with E-state index in [1.165, 1.54) is 26.4 Å². The van der Waals surface area contributed by atoms with E-state index < -0.39 is 17.4 Å². The quantitative estimate of drug-likeness (QED) is 0.781. The van der Waals surface area contributed by atoms with Gasteiger partial charge in [-0.2, -0.15) is 0 Å². The molecule has 1 saturated heterocycles. The lowest BCUT2D eigenvalue weighted by Crippen LogP contribution is -2.68. The van der Waals surface area contributed by atoms with Crippen molar-refractivity contribution in [2.75, 3.05) is 20.2 Å². The van der Waals surface area contributed by atoms with Gasteiger partial charge in [-0.25, -0.2) is 8.78 Å². The van der Waals surface area contributed by atoms with Crippen molar-refractivity contribution in [3.8, 4) is 17.2 Å². The fraction of sp³-hybridized carbons (Fsp3) is 0.727. The van der Waals surface area contributed by atoms with E-state index in [2.05, 4.69) is 4.90 Å². The molecule has 160 valence electrons. The summed E-state index contributed by atoms with van der Waals surface area (Å²) in [5, 5.41) is 10.8. The number of methoxy groups -OCH3 is 1. The van der Waals surface area contributed by atoms with Gasteiger partial charge in [-0.1, -0.05) is 6.42 Å². The van der Waals surface area contributed by atoms with Crippen molar-refractivity contribution in [3.63, 3.8) is 0 Å². The van der Waals surface area contributed by atoms with Crippen LogP contribution in [0.5, 0.6) is 17.2 Å². The molecule has 6 rings (SSSR count). The van der Waals surface area contributed by atoms with E-state index in [0.29, 0.717) is 24.3 Å². The molecule has 29 heavy (non-hydrogen) atoms. The molecule has 3 fully saturated rings. The van der Waals surface area contributed by atoms with Crippen molar-refractivity contribution in [1.82, 2.24) is 4.90 Å². The largest absolute Gasteiger partial charge is 0.508 e. The molecule has 0 aromatic heterocycles. The van der Waals surface area contributed by atoms with Gasteiger partial charge in [0.05, 0.1) is 7.11 Å². The average Bonchev–Trinajstić information content (AvgIpc) is 2.97. The highest BCUT2D eigenvalue weighted by atomic mass is 35.5. The van der Waals surface area contributed by atoms with Crippen LogP contribution in [0.3, 0.4) is 0 Å². The van der Waals surface area contributed by atoms with Crippen molar-refractivity contribution in [2.45, 2.75) is 68.4 Å². The van der Waals surface area contributed by atoms with E-state index >= 15 is 8.78 Å². The van der Waals surface area contributed by atoms with Crippen molar-refractivity contribution < 1.29 is 23.4 Å². The van der Waals surface area contributed by atoms with Gasteiger partial charge in [-0.3, -0.25) is 4.90 Å². The Morgan fingerprint density at radius 2 is 2.07 bits per heavy atom. The van der Waals surface area contributed by atoms with Gasteiger partial charge in [-0.15, -0.1) is 12.4 Å². The summed E-state index contributed by atoms with van der Waals surface area (Å²) in [6.45, 7) is 1.91. The first-order valence-electron chi connectivity index (χ1n) is 10.7. The fourth-order valence-corrected chi connectivity index (χ4v) is 7.01. The minimum absolute atomic E-state index is 0. The number of aromatic hydroxyl groups is 1. The third-order valence-electron chi connectivity index (χ3n) is 8.43. The number of phenols is 1. The Labute approximate surface area is 176 Å². The maximum Gasteiger partial charge on any atom is 0.285 e. The van der Waals surface area contributed by atoms with Crippen molar-refractivity contribution in [1.29, 1.82) is 0 Å². The van der Waals surface area contributed by atoms with Gasteiger partial charge >= 0.3 is 0 Å². The molecule has 5 aliphatic rings. The zero-order valence-corrected chi connectivity index (χ0v) is 17.4. The highest BCUT2D eigenvalue weighted by Gasteiger charge is 2.71. The highest BCUT2D eigenvalue weighted by Crippen LogP contribution is 2.67. The second-order valence-electron chi connectivity index (χ2n) is 9.54. The summed E-state index contributed by atoms with van der Waals surface area (Å²) < 4.78 is 41.6. The van der Waals surface area contributed by atoms with Crippen LogP contribution in [0.2, 0.25) is 0 Å².